The molecule has 1 aromatic rings. The Balaban J connectivity index is 2.28. The largest absolute Gasteiger partial charge is 0.390 e. The van der Waals surface area contributed by atoms with Gasteiger partial charge in [0, 0.05) is 6.20 Å². The maximum Gasteiger partial charge on any atom is 0.351 e. The number of aliphatic hydroxyl groups is 2. The predicted molar refractivity (Wildman–Crippen MR) is 73.3 cm³/mol. The molecule has 0 saturated carbocycles. The van der Waals surface area contributed by atoms with E-state index in [1.807, 2.05) is 6.92 Å². The minimum absolute atomic E-state index is 0.109. The molecule has 9 heteroatoms. The number of anilines is 1. The highest BCUT2D eigenvalue weighted by Gasteiger charge is 2.61. The quantitative estimate of drug-likeness (QED) is 0.718. The van der Waals surface area contributed by atoms with Crippen molar-refractivity contribution in [3.05, 3.63) is 22.7 Å². The molecule has 2 heterocycles. The van der Waals surface area contributed by atoms with E-state index in [1.165, 1.54) is 6.07 Å². The summed E-state index contributed by atoms with van der Waals surface area (Å²) >= 11 is 0. The van der Waals surface area contributed by atoms with Crippen molar-refractivity contribution in [2.45, 2.75) is 56.6 Å². The van der Waals surface area contributed by atoms with Crippen molar-refractivity contribution >= 4 is 5.82 Å². The van der Waals surface area contributed by atoms with Gasteiger partial charge in [-0.15, -0.1) is 0 Å². The van der Waals surface area contributed by atoms with Crippen molar-refractivity contribution in [3.63, 3.8) is 0 Å². The highest BCUT2D eigenvalue weighted by molar-refractivity contribution is 5.23. The topological polar surface area (TPSA) is 111 Å². The summed E-state index contributed by atoms with van der Waals surface area (Å²) in [6.45, 7) is 1.88. The van der Waals surface area contributed by atoms with Crippen LogP contribution in [-0.4, -0.2) is 44.0 Å². The summed E-state index contributed by atoms with van der Waals surface area (Å²) in [6.07, 6.45) is -4.36. The highest BCUT2D eigenvalue weighted by Crippen LogP contribution is 2.43. The molecule has 0 amide bonds. The Morgan fingerprint density at radius 1 is 1.59 bits per heavy atom. The SMILES string of the molecule is CCCCC(O)C1OC(n2ccc(N)nc2=O)C(F)(F)C1O. The van der Waals surface area contributed by atoms with E-state index in [9.17, 15) is 23.8 Å². The molecule has 1 saturated heterocycles. The number of nitrogens with zero attached hydrogens (tertiary/aromatic N) is 2. The average molecular weight is 319 g/mol. The zero-order valence-corrected chi connectivity index (χ0v) is 12.0. The minimum Gasteiger partial charge on any atom is -0.390 e. The van der Waals surface area contributed by atoms with Crippen LogP contribution in [0.5, 0.6) is 0 Å². The second kappa shape index (κ2) is 6.27. The molecule has 1 aliphatic heterocycles. The van der Waals surface area contributed by atoms with Crippen LogP contribution in [0.15, 0.2) is 17.1 Å². The van der Waals surface area contributed by atoms with Crippen molar-refractivity contribution in [2.24, 2.45) is 0 Å². The van der Waals surface area contributed by atoms with Crippen LogP contribution < -0.4 is 11.4 Å². The molecule has 2 rings (SSSR count). The standard InChI is InChI=1S/C13H19F2N3O4/c1-2-3-4-7(19)9-10(20)13(14,15)11(22-9)18-6-5-8(16)17-12(18)21/h5-7,9-11,19-20H,2-4H2,1H3,(H2,16,17,21). The normalized spacial score (nSPS) is 28.7. The molecule has 1 aliphatic rings. The van der Waals surface area contributed by atoms with Crippen molar-refractivity contribution in [3.8, 4) is 0 Å². The lowest BCUT2D eigenvalue weighted by atomic mass is 10.0. The van der Waals surface area contributed by atoms with E-state index >= 15 is 0 Å². The predicted octanol–water partition coefficient (Wildman–Crippen LogP) is 0.270. The van der Waals surface area contributed by atoms with E-state index in [-0.39, 0.29) is 12.2 Å². The third-order valence-electron chi connectivity index (χ3n) is 3.66. The number of nitrogens with two attached hydrogens (primary N) is 1. The molecule has 4 N–H and O–H groups in total. The second-order valence-corrected chi connectivity index (χ2v) is 5.32. The Labute approximate surface area is 125 Å². The highest BCUT2D eigenvalue weighted by atomic mass is 19.3. The fourth-order valence-electron chi connectivity index (χ4n) is 2.41. The van der Waals surface area contributed by atoms with Crippen molar-refractivity contribution in [1.82, 2.24) is 9.55 Å². The van der Waals surface area contributed by atoms with Crippen LogP contribution in [-0.2, 0) is 4.74 Å². The lowest BCUT2D eigenvalue weighted by molar-refractivity contribution is -0.141. The molecule has 0 aromatic carbocycles. The van der Waals surface area contributed by atoms with Gasteiger partial charge in [-0.05, 0) is 12.5 Å². The van der Waals surface area contributed by atoms with E-state index in [2.05, 4.69) is 4.98 Å². The van der Waals surface area contributed by atoms with Gasteiger partial charge in [-0.2, -0.15) is 13.8 Å². The van der Waals surface area contributed by atoms with Crippen LogP contribution in [0.3, 0.4) is 0 Å². The summed E-state index contributed by atoms with van der Waals surface area (Å²) in [7, 11) is 0. The third-order valence-corrected chi connectivity index (χ3v) is 3.66. The average Bonchev–Trinajstić information content (AvgIpc) is 2.68. The molecule has 4 atom stereocenters. The van der Waals surface area contributed by atoms with E-state index in [0.717, 1.165) is 12.6 Å². The first-order valence-electron chi connectivity index (χ1n) is 7.03. The first kappa shape index (κ1) is 16.8. The molecular formula is C13H19F2N3O4. The van der Waals surface area contributed by atoms with Crippen molar-refractivity contribution < 1.29 is 23.7 Å². The molecule has 0 spiro atoms. The summed E-state index contributed by atoms with van der Waals surface area (Å²) in [5.74, 6) is -3.85. The van der Waals surface area contributed by atoms with Crippen LogP contribution >= 0.6 is 0 Å². The van der Waals surface area contributed by atoms with Gasteiger partial charge in [0.25, 0.3) is 0 Å². The Morgan fingerprint density at radius 3 is 2.86 bits per heavy atom. The zero-order chi connectivity index (χ0) is 16.5. The molecule has 0 radical (unpaired) electrons. The number of aliphatic hydroxyl groups excluding tert-OH is 2. The van der Waals surface area contributed by atoms with Gasteiger partial charge in [0.1, 0.15) is 11.9 Å². The number of alkyl halides is 2. The number of halogens is 2. The second-order valence-electron chi connectivity index (χ2n) is 5.32. The van der Waals surface area contributed by atoms with Gasteiger partial charge < -0.3 is 20.7 Å². The number of aromatic nitrogens is 2. The summed E-state index contributed by atoms with van der Waals surface area (Å²) in [5, 5.41) is 19.7. The lowest BCUT2D eigenvalue weighted by Gasteiger charge is -2.21. The maximum atomic E-state index is 14.2. The minimum atomic E-state index is -3.74. The number of rotatable bonds is 5. The van der Waals surface area contributed by atoms with E-state index in [0.29, 0.717) is 11.0 Å². The van der Waals surface area contributed by atoms with E-state index < -0.39 is 36.2 Å². The van der Waals surface area contributed by atoms with Gasteiger partial charge in [0.2, 0.25) is 6.23 Å². The third kappa shape index (κ3) is 2.96. The summed E-state index contributed by atoms with van der Waals surface area (Å²) in [4.78, 5) is 15.0. The van der Waals surface area contributed by atoms with E-state index in [4.69, 9.17) is 10.5 Å². The van der Waals surface area contributed by atoms with Crippen LogP contribution in [0.25, 0.3) is 0 Å². The van der Waals surface area contributed by atoms with Crippen LogP contribution in [0.1, 0.15) is 32.4 Å². The van der Waals surface area contributed by atoms with E-state index in [1.54, 1.807) is 0 Å². The zero-order valence-electron chi connectivity index (χ0n) is 12.0. The van der Waals surface area contributed by atoms with Gasteiger partial charge in [0.05, 0.1) is 6.10 Å². The van der Waals surface area contributed by atoms with Crippen molar-refractivity contribution in [1.29, 1.82) is 0 Å². The fraction of sp³-hybridized carbons (Fsp3) is 0.692. The number of ether oxygens (including phenoxy) is 1. The molecule has 22 heavy (non-hydrogen) atoms. The molecule has 1 fully saturated rings. The van der Waals surface area contributed by atoms with Crippen LogP contribution in [0.2, 0.25) is 0 Å². The summed E-state index contributed by atoms with van der Waals surface area (Å²) in [5.41, 5.74) is 4.30. The number of unbranched alkanes of at least 4 members (excludes halogenated alkanes) is 1. The Hall–Kier alpha value is -1.58. The van der Waals surface area contributed by atoms with Gasteiger partial charge in [-0.1, -0.05) is 19.8 Å². The number of nitrogen functional groups attached to an aromatic ring is 1. The number of hydrogen-bond donors (Lipinski definition) is 3. The molecular weight excluding hydrogens is 300 g/mol. The first-order chi connectivity index (χ1) is 10.3. The molecule has 124 valence electrons. The Kier molecular flexibility index (Phi) is 4.78. The van der Waals surface area contributed by atoms with Gasteiger partial charge in [-0.25, -0.2) is 4.79 Å². The first-order valence-corrected chi connectivity index (χ1v) is 7.03. The van der Waals surface area contributed by atoms with Crippen LogP contribution in [0.4, 0.5) is 14.6 Å². The number of hydrogen-bond acceptors (Lipinski definition) is 6. The fourth-order valence-corrected chi connectivity index (χ4v) is 2.41. The Morgan fingerprint density at radius 2 is 2.27 bits per heavy atom. The maximum absolute atomic E-state index is 14.2. The van der Waals surface area contributed by atoms with Gasteiger partial charge in [0.15, 0.2) is 6.10 Å². The smallest absolute Gasteiger partial charge is 0.351 e. The molecule has 0 aliphatic carbocycles. The molecule has 7 nitrogen and oxygen atoms in total. The van der Waals surface area contributed by atoms with Gasteiger partial charge in [-0.3, -0.25) is 4.57 Å². The van der Waals surface area contributed by atoms with Crippen LogP contribution in [0, 0.1) is 0 Å². The molecule has 1 aromatic heterocycles. The lowest BCUT2D eigenvalue weighted by Crippen LogP contribution is -2.43. The molecule has 4 unspecified atom stereocenters. The Bertz CT molecular complexity index is 581. The van der Waals surface area contributed by atoms with Crippen molar-refractivity contribution in [2.75, 3.05) is 5.73 Å². The molecule has 0 bridgehead atoms. The summed E-state index contributed by atoms with van der Waals surface area (Å²) < 4.78 is 34.0. The summed E-state index contributed by atoms with van der Waals surface area (Å²) in [6, 6.07) is 1.17. The van der Waals surface area contributed by atoms with Gasteiger partial charge >= 0.3 is 11.6 Å². The monoisotopic (exact) mass is 319 g/mol.